The number of rotatable bonds is 4. The van der Waals surface area contributed by atoms with Gasteiger partial charge in [0.15, 0.2) is 0 Å². The first-order chi connectivity index (χ1) is 9.08. The maximum Gasteiger partial charge on any atom is 0.0595 e. The van der Waals surface area contributed by atoms with E-state index in [2.05, 4.69) is 30.2 Å². The third kappa shape index (κ3) is 3.69. The minimum absolute atomic E-state index is 0.185. The first kappa shape index (κ1) is 14.3. The molecule has 1 aromatic carbocycles. The van der Waals surface area contributed by atoms with Crippen molar-refractivity contribution in [2.75, 3.05) is 0 Å². The number of hydrogen-bond donors (Lipinski definition) is 1. The molecule has 1 heterocycles. The number of nitrogens with one attached hydrogen (secondary N) is 1. The van der Waals surface area contributed by atoms with Crippen LogP contribution < -0.4 is 5.32 Å². The highest BCUT2D eigenvalue weighted by Crippen LogP contribution is 2.26. The van der Waals surface area contributed by atoms with Gasteiger partial charge in [-0.2, -0.15) is 0 Å². The SMILES string of the molecule is CC(N[C@@H](C)c1cccnc1)c1ccc(Cl)c(Cl)c1. The molecule has 0 aliphatic carbocycles. The predicted octanol–water partition coefficient (Wildman–Crippen LogP) is 4.80. The van der Waals surface area contributed by atoms with Gasteiger partial charge in [-0.1, -0.05) is 35.3 Å². The highest BCUT2D eigenvalue weighted by atomic mass is 35.5. The molecule has 19 heavy (non-hydrogen) atoms. The van der Waals surface area contributed by atoms with Crippen molar-refractivity contribution in [3.63, 3.8) is 0 Å². The molecule has 0 spiro atoms. The zero-order valence-electron chi connectivity index (χ0n) is 10.9. The molecule has 0 saturated carbocycles. The monoisotopic (exact) mass is 294 g/mol. The molecule has 2 rings (SSSR count). The fourth-order valence-electron chi connectivity index (χ4n) is 1.98. The molecule has 1 unspecified atom stereocenters. The van der Waals surface area contributed by atoms with Crippen LogP contribution in [0, 0.1) is 0 Å². The Bertz CT molecular complexity index is 543. The van der Waals surface area contributed by atoms with Gasteiger partial charge in [-0.3, -0.25) is 4.98 Å². The Labute approximate surface area is 123 Å². The van der Waals surface area contributed by atoms with Crippen LogP contribution in [0.3, 0.4) is 0 Å². The summed E-state index contributed by atoms with van der Waals surface area (Å²) in [4.78, 5) is 4.13. The lowest BCUT2D eigenvalue weighted by Crippen LogP contribution is -2.22. The molecule has 0 amide bonds. The second-order valence-corrected chi connectivity index (χ2v) is 5.38. The van der Waals surface area contributed by atoms with Crippen molar-refractivity contribution < 1.29 is 0 Å². The summed E-state index contributed by atoms with van der Waals surface area (Å²) in [5.74, 6) is 0. The van der Waals surface area contributed by atoms with Crippen molar-refractivity contribution in [3.05, 3.63) is 63.9 Å². The number of aromatic nitrogens is 1. The average molecular weight is 295 g/mol. The van der Waals surface area contributed by atoms with Gasteiger partial charge in [-0.25, -0.2) is 0 Å². The van der Waals surface area contributed by atoms with Crippen LogP contribution in [0.2, 0.25) is 10.0 Å². The second kappa shape index (κ2) is 6.38. The van der Waals surface area contributed by atoms with Crippen molar-refractivity contribution in [1.29, 1.82) is 0 Å². The van der Waals surface area contributed by atoms with Gasteiger partial charge in [0.05, 0.1) is 10.0 Å². The normalized spacial score (nSPS) is 14.1. The van der Waals surface area contributed by atoms with E-state index in [-0.39, 0.29) is 12.1 Å². The van der Waals surface area contributed by atoms with Gasteiger partial charge in [0.25, 0.3) is 0 Å². The highest BCUT2D eigenvalue weighted by Gasteiger charge is 2.12. The summed E-state index contributed by atoms with van der Waals surface area (Å²) < 4.78 is 0. The van der Waals surface area contributed by atoms with Crippen molar-refractivity contribution in [2.45, 2.75) is 25.9 Å². The van der Waals surface area contributed by atoms with Crippen LogP contribution in [0.15, 0.2) is 42.7 Å². The molecule has 2 atom stereocenters. The lowest BCUT2D eigenvalue weighted by Gasteiger charge is -2.20. The molecule has 0 fully saturated rings. The Balaban J connectivity index is 2.08. The van der Waals surface area contributed by atoms with Crippen LogP contribution in [0.1, 0.15) is 37.1 Å². The maximum absolute atomic E-state index is 6.04. The third-order valence-corrected chi connectivity index (χ3v) is 3.87. The van der Waals surface area contributed by atoms with Crippen molar-refractivity contribution >= 4 is 23.2 Å². The smallest absolute Gasteiger partial charge is 0.0595 e. The Morgan fingerprint density at radius 1 is 1.00 bits per heavy atom. The number of hydrogen-bond acceptors (Lipinski definition) is 2. The Morgan fingerprint density at radius 2 is 1.74 bits per heavy atom. The zero-order chi connectivity index (χ0) is 13.8. The quantitative estimate of drug-likeness (QED) is 0.876. The third-order valence-electron chi connectivity index (χ3n) is 3.13. The minimum Gasteiger partial charge on any atom is -0.304 e. The molecule has 0 aliphatic rings. The van der Waals surface area contributed by atoms with Crippen molar-refractivity contribution in [1.82, 2.24) is 10.3 Å². The Morgan fingerprint density at radius 3 is 2.37 bits per heavy atom. The topological polar surface area (TPSA) is 24.9 Å². The summed E-state index contributed by atoms with van der Waals surface area (Å²) in [6, 6.07) is 10.1. The van der Waals surface area contributed by atoms with Gasteiger partial charge in [-0.15, -0.1) is 0 Å². The van der Waals surface area contributed by atoms with Gasteiger partial charge in [-0.05, 0) is 43.2 Å². The first-order valence-corrected chi connectivity index (χ1v) is 6.94. The number of benzene rings is 1. The standard InChI is InChI=1S/C15H16Cl2N2/c1-10(12-5-6-14(16)15(17)8-12)19-11(2)13-4-3-7-18-9-13/h3-11,19H,1-2H3/t10?,11-/m0/s1. The molecule has 0 saturated heterocycles. The van der Waals surface area contributed by atoms with Crippen LogP contribution in [0.4, 0.5) is 0 Å². The first-order valence-electron chi connectivity index (χ1n) is 6.19. The van der Waals surface area contributed by atoms with Gasteiger partial charge in [0.2, 0.25) is 0 Å². The van der Waals surface area contributed by atoms with E-state index >= 15 is 0 Å². The largest absolute Gasteiger partial charge is 0.304 e. The van der Waals surface area contributed by atoms with E-state index in [0.29, 0.717) is 10.0 Å². The van der Waals surface area contributed by atoms with E-state index in [9.17, 15) is 0 Å². The van der Waals surface area contributed by atoms with Crippen molar-refractivity contribution in [2.24, 2.45) is 0 Å². The summed E-state index contributed by atoms with van der Waals surface area (Å²) >= 11 is 12.0. The van der Waals surface area contributed by atoms with Crippen LogP contribution in [-0.2, 0) is 0 Å². The molecular formula is C15H16Cl2N2. The van der Waals surface area contributed by atoms with Gasteiger partial charge in [0.1, 0.15) is 0 Å². The number of nitrogens with zero attached hydrogens (tertiary/aromatic N) is 1. The fraction of sp³-hybridized carbons (Fsp3) is 0.267. The highest BCUT2D eigenvalue weighted by molar-refractivity contribution is 6.42. The summed E-state index contributed by atoms with van der Waals surface area (Å²) in [6.07, 6.45) is 3.65. The number of halogens is 2. The van der Waals surface area contributed by atoms with Crippen LogP contribution >= 0.6 is 23.2 Å². The van der Waals surface area contributed by atoms with E-state index in [1.807, 2.05) is 30.5 Å². The Kier molecular flexibility index (Phi) is 4.81. The van der Waals surface area contributed by atoms with E-state index in [1.54, 1.807) is 6.20 Å². The lowest BCUT2D eigenvalue weighted by molar-refractivity contribution is 0.494. The molecule has 0 aliphatic heterocycles. The van der Waals surface area contributed by atoms with Gasteiger partial charge >= 0.3 is 0 Å². The molecule has 0 radical (unpaired) electrons. The molecular weight excluding hydrogens is 279 g/mol. The molecule has 2 aromatic rings. The molecule has 2 nitrogen and oxygen atoms in total. The predicted molar refractivity (Wildman–Crippen MR) is 80.7 cm³/mol. The molecule has 100 valence electrons. The van der Waals surface area contributed by atoms with Gasteiger partial charge < -0.3 is 5.32 Å². The fourth-order valence-corrected chi connectivity index (χ4v) is 2.29. The van der Waals surface area contributed by atoms with E-state index in [1.165, 1.54) is 0 Å². The Hall–Kier alpha value is -1.09. The zero-order valence-corrected chi connectivity index (χ0v) is 12.4. The van der Waals surface area contributed by atoms with Crippen LogP contribution in [-0.4, -0.2) is 4.98 Å². The van der Waals surface area contributed by atoms with E-state index in [4.69, 9.17) is 23.2 Å². The molecule has 1 aromatic heterocycles. The number of pyridine rings is 1. The second-order valence-electron chi connectivity index (χ2n) is 4.57. The van der Waals surface area contributed by atoms with Crippen LogP contribution in [0.25, 0.3) is 0 Å². The molecule has 4 heteroatoms. The summed E-state index contributed by atoms with van der Waals surface area (Å²) in [6.45, 7) is 4.22. The van der Waals surface area contributed by atoms with Gasteiger partial charge in [0, 0.05) is 24.5 Å². The lowest BCUT2D eigenvalue weighted by atomic mass is 10.1. The van der Waals surface area contributed by atoms with E-state index in [0.717, 1.165) is 11.1 Å². The maximum atomic E-state index is 6.04. The minimum atomic E-state index is 0.185. The van der Waals surface area contributed by atoms with Crippen molar-refractivity contribution in [3.8, 4) is 0 Å². The summed E-state index contributed by atoms with van der Waals surface area (Å²) in [7, 11) is 0. The average Bonchev–Trinajstić information content (AvgIpc) is 2.42. The molecule has 0 bridgehead atoms. The summed E-state index contributed by atoms with van der Waals surface area (Å²) in [5.41, 5.74) is 2.28. The molecule has 1 N–H and O–H groups in total. The van der Waals surface area contributed by atoms with Crippen LogP contribution in [0.5, 0.6) is 0 Å². The summed E-state index contributed by atoms with van der Waals surface area (Å²) in [5, 5.41) is 4.68. The van der Waals surface area contributed by atoms with E-state index < -0.39 is 0 Å².